The van der Waals surface area contributed by atoms with E-state index in [-0.39, 0.29) is 12.8 Å². The van der Waals surface area contributed by atoms with Crippen molar-refractivity contribution in [2.45, 2.75) is 56.8 Å². The molecule has 100 valence electrons. The number of carboxylic acid groups (broad SMARTS) is 2. The smallest absolute Gasteiger partial charge is 0.303 e. The van der Waals surface area contributed by atoms with Gasteiger partial charge in [0, 0.05) is 29.0 Å². The molecule has 0 unspecified atom stereocenters. The predicted molar refractivity (Wildman–Crippen MR) is 73.9 cm³/mol. The molecule has 0 aromatic heterocycles. The first-order chi connectivity index (χ1) is 7.33. The van der Waals surface area contributed by atoms with Gasteiger partial charge in [-0.15, -0.1) is 0 Å². The molecule has 6 heteroatoms. The summed E-state index contributed by atoms with van der Waals surface area (Å²) in [4.78, 5) is 22.3. The van der Waals surface area contributed by atoms with Crippen molar-refractivity contribution in [1.29, 1.82) is 0 Å². The minimum Gasteiger partial charge on any atom is -0.481 e. The topological polar surface area (TPSA) is 74.6 Å². The molecule has 0 aliphatic heterocycles. The van der Waals surface area contributed by atoms with Crippen LogP contribution in [0, 0.1) is 0 Å². The minimum atomic E-state index is -1.90. The van der Waals surface area contributed by atoms with Crippen molar-refractivity contribution in [2.75, 3.05) is 0 Å². The highest BCUT2D eigenvalue weighted by atomic mass is 28.4. The van der Waals surface area contributed by atoms with Crippen molar-refractivity contribution in [3.8, 4) is 0 Å². The van der Waals surface area contributed by atoms with E-state index in [0.717, 1.165) is 0 Å². The summed E-state index contributed by atoms with van der Waals surface area (Å²) in [5, 5.41) is 18.3. The SMILES string of the molecule is C[Si](C)(C)C(CC(=O)O)(CC(=O)O)[Si](C)(C)C. The van der Waals surface area contributed by atoms with Gasteiger partial charge in [0.1, 0.15) is 0 Å². The third kappa shape index (κ3) is 3.67. The summed E-state index contributed by atoms with van der Waals surface area (Å²) in [6, 6.07) is 0. The molecular formula is C11H24O4Si2. The number of carbonyl (C=O) groups is 2. The zero-order valence-electron chi connectivity index (χ0n) is 11.6. The Morgan fingerprint density at radius 3 is 1.18 bits per heavy atom. The van der Waals surface area contributed by atoms with Crippen LogP contribution in [-0.4, -0.2) is 38.3 Å². The summed E-state index contributed by atoms with van der Waals surface area (Å²) < 4.78 is -0.502. The fourth-order valence-corrected chi connectivity index (χ4v) is 14.5. The van der Waals surface area contributed by atoms with Crippen LogP contribution in [0.1, 0.15) is 12.8 Å². The Balaban J connectivity index is 5.71. The van der Waals surface area contributed by atoms with Gasteiger partial charge in [-0.2, -0.15) is 0 Å². The van der Waals surface area contributed by atoms with Gasteiger partial charge in [-0.3, -0.25) is 9.59 Å². The van der Waals surface area contributed by atoms with Gasteiger partial charge in [0.05, 0.1) is 0 Å². The minimum absolute atomic E-state index is 0.00918. The molecule has 0 bridgehead atoms. The quantitative estimate of drug-likeness (QED) is 0.732. The Bertz CT molecular complexity index is 280. The van der Waals surface area contributed by atoms with Crippen molar-refractivity contribution in [1.82, 2.24) is 0 Å². The van der Waals surface area contributed by atoms with Crippen molar-refractivity contribution in [3.05, 3.63) is 0 Å². The lowest BCUT2D eigenvalue weighted by molar-refractivity contribution is -0.139. The molecule has 0 aromatic carbocycles. The molecule has 4 nitrogen and oxygen atoms in total. The third-order valence-corrected chi connectivity index (χ3v) is 14.7. The number of rotatable bonds is 6. The zero-order chi connectivity index (χ0) is 14.1. The lowest BCUT2D eigenvalue weighted by Crippen LogP contribution is -2.56. The van der Waals surface area contributed by atoms with Crippen LogP contribution in [-0.2, 0) is 9.59 Å². The first-order valence-electron chi connectivity index (χ1n) is 5.77. The van der Waals surface area contributed by atoms with Crippen LogP contribution in [0.15, 0.2) is 0 Å². The Labute approximate surface area is 105 Å². The molecule has 0 aromatic rings. The maximum atomic E-state index is 11.1. The standard InChI is InChI=1S/C11H24O4Si2/c1-16(2,3)11(7-9(12)13,8-10(14)15)17(4,5)6/h7-8H2,1-6H3,(H,12,13)(H,14,15). The molecule has 17 heavy (non-hydrogen) atoms. The summed E-state index contributed by atoms with van der Waals surface area (Å²) in [5.74, 6) is -1.76. The van der Waals surface area contributed by atoms with E-state index in [0.29, 0.717) is 0 Å². The van der Waals surface area contributed by atoms with E-state index in [1.807, 2.05) is 0 Å². The lowest BCUT2D eigenvalue weighted by atomic mass is 10.2. The Kier molecular flexibility index (Phi) is 4.75. The monoisotopic (exact) mass is 276 g/mol. The summed E-state index contributed by atoms with van der Waals surface area (Å²) >= 11 is 0. The molecule has 0 spiro atoms. The van der Waals surface area contributed by atoms with Gasteiger partial charge in [0.2, 0.25) is 0 Å². The lowest BCUT2D eigenvalue weighted by Gasteiger charge is -2.50. The van der Waals surface area contributed by atoms with E-state index in [1.165, 1.54) is 0 Å². The molecule has 0 saturated heterocycles. The van der Waals surface area contributed by atoms with E-state index >= 15 is 0 Å². The largest absolute Gasteiger partial charge is 0.481 e. The predicted octanol–water partition coefficient (Wildman–Crippen LogP) is 2.89. The first kappa shape index (κ1) is 16.4. The number of aliphatic carboxylic acids is 2. The fraction of sp³-hybridized carbons (Fsp3) is 0.818. The summed E-state index contributed by atoms with van der Waals surface area (Å²) in [5.41, 5.74) is 0. The molecule has 0 atom stereocenters. The van der Waals surface area contributed by atoms with E-state index in [9.17, 15) is 9.59 Å². The fourth-order valence-electron chi connectivity index (χ4n) is 2.76. The summed E-state index contributed by atoms with van der Waals surface area (Å²) in [6.45, 7) is 12.5. The highest BCUT2D eigenvalue weighted by Crippen LogP contribution is 2.52. The molecule has 0 rings (SSSR count). The molecular weight excluding hydrogens is 252 g/mol. The molecule has 0 fully saturated rings. The van der Waals surface area contributed by atoms with Crippen LogP contribution in [0.25, 0.3) is 0 Å². The van der Waals surface area contributed by atoms with E-state index < -0.39 is 32.7 Å². The van der Waals surface area contributed by atoms with Crippen molar-refractivity contribution >= 4 is 28.1 Å². The highest BCUT2D eigenvalue weighted by molar-refractivity contribution is 6.99. The van der Waals surface area contributed by atoms with Crippen LogP contribution in [0.2, 0.25) is 43.9 Å². The van der Waals surface area contributed by atoms with Crippen LogP contribution in [0.4, 0.5) is 0 Å². The van der Waals surface area contributed by atoms with E-state index in [2.05, 4.69) is 39.3 Å². The normalized spacial score (nSPS) is 13.5. The average Bonchev–Trinajstić information content (AvgIpc) is 1.96. The summed E-state index contributed by atoms with van der Waals surface area (Å²) in [7, 11) is -3.80. The molecule has 0 radical (unpaired) electrons. The first-order valence-corrected chi connectivity index (χ1v) is 12.8. The Morgan fingerprint density at radius 1 is 0.824 bits per heavy atom. The van der Waals surface area contributed by atoms with Gasteiger partial charge in [-0.05, 0) is 4.66 Å². The number of hydrogen-bond acceptors (Lipinski definition) is 2. The van der Waals surface area contributed by atoms with Gasteiger partial charge in [-0.25, -0.2) is 0 Å². The second-order valence-corrected chi connectivity index (χ2v) is 18.1. The molecule has 0 heterocycles. The van der Waals surface area contributed by atoms with Gasteiger partial charge in [0.15, 0.2) is 0 Å². The van der Waals surface area contributed by atoms with Gasteiger partial charge >= 0.3 is 11.9 Å². The van der Waals surface area contributed by atoms with Crippen molar-refractivity contribution < 1.29 is 19.8 Å². The second-order valence-electron chi connectivity index (χ2n) is 6.72. The van der Waals surface area contributed by atoms with Crippen LogP contribution in [0.3, 0.4) is 0 Å². The third-order valence-electron chi connectivity index (χ3n) is 3.78. The van der Waals surface area contributed by atoms with Crippen molar-refractivity contribution in [2.24, 2.45) is 0 Å². The highest BCUT2D eigenvalue weighted by Gasteiger charge is 2.54. The van der Waals surface area contributed by atoms with Gasteiger partial charge < -0.3 is 10.2 Å². The van der Waals surface area contributed by atoms with E-state index in [1.54, 1.807) is 0 Å². The Hall–Kier alpha value is -0.626. The molecule has 0 saturated carbocycles. The summed E-state index contributed by atoms with van der Waals surface area (Å²) in [6.07, 6.45) is -0.0184. The number of hydrogen-bond donors (Lipinski definition) is 2. The van der Waals surface area contributed by atoms with Crippen LogP contribution < -0.4 is 0 Å². The zero-order valence-corrected chi connectivity index (χ0v) is 13.6. The maximum absolute atomic E-state index is 11.1. The maximum Gasteiger partial charge on any atom is 0.303 e. The average molecular weight is 276 g/mol. The molecule has 0 amide bonds. The second kappa shape index (κ2) is 4.93. The van der Waals surface area contributed by atoms with Gasteiger partial charge in [0.25, 0.3) is 0 Å². The van der Waals surface area contributed by atoms with Crippen LogP contribution in [0.5, 0.6) is 0 Å². The molecule has 0 aliphatic rings. The molecule has 0 aliphatic carbocycles. The van der Waals surface area contributed by atoms with Crippen LogP contribution >= 0.6 is 0 Å². The Morgan fingerprint density at radius 2 is 1.06 bits per heavy atom. The van der Waals surface area contributed by atoms with E-state index in [4.69, 9.17) is 10.2 Å². The van der Waals surface area contributed by atoms with Gasteiger partial charge in [-0.1, -0.05) is 39.3 Å². The number of carboxylic acids is 2. The molecule has 2 N–H and O–H groups in total. The van der Waals surface area contributed by atoms with Crippen molar-refractivity contribution in [3.63, 3.8) is 0 Å².